The SMILES string of the molecule is C[C@H]1C(=O)N(CCn2cnc3ccccc32)[C@@H](C)C(=O)N1C. The Hall–Kier alpha value is -2.37. The molecule has 3 rings (SSSR count). The lowest BCUT2D eigenvalue weighted by molar-refractivity contribution is -0.158. The van der Waals surface area contributed by atoms with Crippen LogP contribution in [-0.4, -0.2) is 56.8 Å². The molecule has 0 spiro atoms. The highest BCUT2D eigenvalue weighted by atomic mass is 16.2. The molecule has 22 heavy (non-hydrogen) atoms. The quantitative estimate of drug-likeness (QED) is 0.853. The molecule has 1 aromatic carbocycles. The van der Waals surface area contributed by atoms with Crippen molar-refractivity contribution in [3.8, 4) is 0 Å². The van der Waals surface area contributed by atoms with Crippen molar-refractivity contribution in [1.82, 2.24) is 19.4 Å². The van der Waals surface area contributed by atoms with Gasteiger partial charge in [0.05, 0.1) is 17.4 Å². The summed E-state index contributed by atoms with van der Waals surface area (Å²) >= 11 is 0. The second-order valence-electron chi connectivity index (χ2n) is 5.76. The minimum absolute atomic E-state index is 0.000907. The normalized spacial score (nSPS) is 22.7. The van der Waals surface area contributed by atoms with Crippen LogP contribution in [0.15, 0.2) is 30.6 Å². The molecule has 116 valence electrons. The van der Waals surface area contributed by atoms with Crippen LogP contribution in [0.1, 0.15) is 13.8 Å². The number of piperazine rings is 1. The summed E-state index contributed by atoms with van der Waals surface area (Å²) in [5, 5.41) is 0. The van der Waals surface area contributed by atoms with Crippen LogP contribution >= 0.6 is 0 Å². The van der Waals surface area contributed by atoms with Crippen LogP contribution in [0.4, 0.5) is 0 Å². The van der Waals surface area contributed by atoms with Gasteiger partial charge < -0.3 is 14.4 Å². The predicted octanol–water partition coefficient (Wildman–Crippen LogP) is 1.11. The van der Waals surface area contributed by atoms with E-state index in [9.17, 15) is 9.59 Å². The Morgan fingerprint density at radius 1 is 1.05 bits per heavy atom. The Kier molecular flexibility index (Phi) is 3.60. The van der Waals surface area contributed by atoms with E-state index in [4.69, 9.17) is 0 Å². The maximum Gasteiger partial charge on any atom is 0.245 e. The smallest absolute Gasteiger partial charge is 0.245 e. The average Bonchev–Trinajstić information content (AvgIpc) is 2.94. The molecule has 2 atom stereocenters. The van der Waals surface area contributed by atoms with E-state index >= 15 is 0 Å². The molecule has 0 N–H and O–H groups in total. The van der Waals surface area contributed by atoms with Gasteiger partial charge in [0.25, 0.3) is 0 Å². The number of hydrogen-bond donors (Lipinski definition) is 0. The van der Waals surface area contributed by atoms with Crippen LogP contribution in [0.5, 0.6) is 0 Å². The van der Waals surface area contributed by atoms with E-state index in [2.05, 4.69) is 4.98 Å². The highest BCUT2D eigenvalue weighted by molar-refractivity contribution is 5.96. The number of imidazole rings is 1. The molecule has 0 aliphatic carbocycles. The van der Waals surface area contributed by atoms with Gasteiger partial charge in [-0.2, -0.15) is 0 Å². The average molecular weight is 300 g/mol. The van der Waals surface area contributed by atoms with Crippen molar-refractivity contribution in [3.63, 3.8) is 0 Å². The van der Waals surface area contributed by atoms with Crippen LogP contribution in [0.2, 0.25) is 0 Å². The van der Waals surface area contributed by atoms with Crippen molar-refractivity contribution in [2.24, 2.45) is 0 Å². The number of fused-ring (bicyclic) bond motifs is 1. The number of nitrogens with zero attached hydrogens (tertiary/aromatic N) is 4. The standard InChI is InChI=1S/C16H20N4O2/c1-11-16(22)20(12(2)15(21)18(11)3)9-8-19-10-17-13-6-4-5-7-14(13)19/h4-7,10-12H,8-9H2,1-3H3/t11-,12-/m0/s1. The fraction of sp³-hybridized carbons (Fsp3) is 0.438. The van der Waals surface area contributed by atoms with Crippen molar-refractivity contribution in [2.75, 3.05) is 13.6 Å². The molecule has 2 aromatic rings. The Morgan fingerprint density at radius 2 is 1.77 bits per heavy atom. The molecule has 1 saturated heterocycles. The molecule has 0 saturated carbocycles. The first-order valence-corrected chi connectivity index (χ1v) is 7.47. The fourth-order valence-electron chi connectivity index (χ4n) is 2.92. The Morgan fingerprint density at radius 3 is 2.55 bits per heavy atom. The molecular formula is C16H20N4O2. The van der Waals surface area contributed by atoms with Gasteiger partial charge in [-0.25, -0.2) is 4.98 Å². The topological polar surface area (TPSA) is 58.4 Å². The second-order valence-corrected chi connectivity index (χ2v) is 5.76. The number of benzene rings is 1. The van der Waals surface area contributed by atoms with Crippen molar-refractivity contribution < 1.29 is 9.59 Å². The summed E-state index contributed by atoms with van der Waals surface area (Å²) in [5.74, 6) is -0.0124. The predicted molar refractivity (Wildman–Crippen MR) is 83.1 cm³/mol. The van der Waals surface area contributed by atoms with E-state index in [1.807, 2.05) is 28.8 Å². The van der Waals surface area contributed by atoms with Crippen LogP contribution in [0, 0.1) is 0 Å². The zero-order valence-corrected chi connectivity index (χ0v) is 13.1. The number of aromatic nitrogens is 2. The number of likely N-dealkylation sites (N-methyl/N-ethyl adjacent to an activating group) is 1. The molecule has 1 aliphatic heterocycles. The molecule has 0 unspecified atom stereocenters. The summed E-state index contributed by atoms with van der Waals surface area (Å²) in [7, 11) is 1.68. The van der Waals surface area contributed by atoms with E-state index in [0.717, 1.165) is 11.0 Å². The molecule has 2 amide bonds. The minimum Gasteiger partial charge on any atom is -0.332 e. The van der Waals surface area contributed by atoms with Crippen molar-refractivity contribution in [1.29, 1.82) is 0 Å². The van der Waals surface area contributed by atoms with E-state index in [-0.39, 0.29) is 11.8 Å². The molecule has 1 aromatic heterocycles. The van der Waals surface area contributed by atoms with Crippen molar-refractivity contribution in [3.05, 3.63) is 30.6 Å². The van der Waals surface area contributed by atoms with Crippen molar-refractivity contribution in [2.45, 2.75) is 32.5 Å². The van der Waals surface area contributed by atoms with Gasteiger partial charge in [-0.15, -0.1) is 0 Å². The van der Waals surface area contributed by atoms with Gasteiger partial charge in [-0.05, 0) is 26.0 Å². The minimum atomic E-state index is -0.413. The summed E-state index contributed by atoms with van der Waals surface area (Å²) in [6, 6.07) is 7.07. The van der Waals surface area contributed by atoms with Crippen LogP contribution in [-0.2, 0) is 16.1 Å². The monoisotopic (exact) mass is 300 g/mol. The molecule has 6 heteroatoms. The maximum atomic E-state index is 12.4. The molecule has 2 heterocycles. The second kappa shape index (κ2) is 5.44. The van der Waals surface area contributed by atoms with E-state index in [1.54, 1.807) is 32.1 Å². The molecular weight excluding hydrogens is 280 g/mol. The molecule has 1 aliphatic rings. The van der Waals surface area contributed by atoms with E-state index < -0.39 is 12.1 Å². The van der Waals surface area contributed by atoms with E-state index in [1.165, 1.54) is 4.90 Å². The van der Waals surface area contributed by atoms with Gasteiger partial charge in [0, 0.05) is 20.1 Å². The summed E-state index contributed by atoms with van der Waals surface area (Å²) in [4.78, 5) is 32.1. The van der Waals surface area contributed by atoms with Gasteiger partial charge in [-0.1, -0.05) is 12.1 Å². The zero-order chi connectivity index (χ0) is 15.9. The number of carbonyl (C=O) groups is 2. The Labute approximate surface area is 129 Å². The highest BCUT2D eigenvalue weighted by Crippen LogP contribution is 2.17. The van der Waals surface area contributed by atoms with Gasteiger partial charge in [0.2, 0.25) is 11.8 Å². The van der Waals surface area contributed by atoms with Crippen LogP contribution in [0.25, 0.3) is 11.0 Å². The number of para-hydroxylation sites is 2. The largest absolute Gasteiger partial charge is 0.332 e. The number of carbonyl (C=O) groups excluding carboxylic acids is 2. The first-order valence-electron chi connectivity index (χ1n) is 7.47. The zero-order valence-electron chi connectivity index (χ0n) is 13.1. The third-order valence-corrected chi connectivity index (χ3v) is 4.50. The Bertz CT molecular complexity index is 724. The van der Waals surface area contributed by atoms with Gasteiger partial charge in [0.15, 0.2) is 0 Å². The molecule has 6 nitrogen and oxygen atoms in total. The molecule has 1 fully saturated rings. The summed E-state index contributed by atoms with van der Waals surface area (Å²) in [6.07, 6.45) is 1.78. The number of rotatable bonds is 3. The van der Waals surface area contributed by atoms with Gasteiger partial charge in [0.1, 0.15) is 12.1 Å². The summed E-state index contributed by atoms with van der Waals surface area (Å²) in [5.41, 5.74) is 1.97. The van der Waals surface area contributed by atoms with Gasteiger partial charge >= 0.3 is 0 Å². The maximum absolute atomic E-state index is 12.4. The number of hydrogen-bond acceptors (Lipinski definition) is 3. The lowest BCUT2D eigenvalue weighted by Gasteiger charge is -2.41. The lowest BCUT2D eigenvalue weighted by Crippen LogP contribution is -2.62. The Balaban J connectivity index is 1.78. The first-order chi connectivity index (χ1) is 10.5. The number of amides is 2. The lowest BCUT2D eigenvalue weighted by atomic mass is 10.1. The van der Waals surface area contributed by atoms with E-state index in [0.29, 0.717) is 13.1 Å². The summed E-state index contributed by atoms with van der Waals surface area (Å²) in [6.45, 7) is 4.69. The van der Waals surface area contributed by atoms with Crippen molar-refractivity contribution >= 4 is 22.8 Å². The molecule has 0 radical (unpaired) electrons. The fourth-order valence-corrected chi connectivity index (χ4v) is 2.92. The van der Waals surface area contributed by atoms with Crippen LogP contribution < -0.4 is 0 Å². The van der Waals surface area contributed by atoms with Gasteiger partial charge in [-0.3, -0.25) is 9.59 Å². The molecule has 0 bridgehead atoms. The van der Waals surface area contributed by atoms with Crippen LogP contribution in [0.3, 0.4) is 0 Å². The summed E-state index contributed by atoms with van der Waals surface area (Å²) < 4.78 is 2.02. The highest BCUT2D eigenvalue weighted by Gasteiger charge is 2.39. The third-order valence-electron chi connectivity index (χ3n) is 4.50. The first kappa shape index (κ1) is 14.6. The third kappa shape index (κ3) is 2.24.